The molecule has 0 aliphatic heterocycles. The summed E-state index contributed by atoms with van der Waals surface area (Å²) in [6.07, 6.45) is 10.1. The molecule has 1 saturated carbocycles. The van der Waals surface area contributed by atoms with Gasteiger partial charge in [0.2, 0.25) is 5.95 Å². The van der Waals surface area contributed by atoms with Crippen LogP contribution in [0, 0.1) is 17.2 Å². The first-order chi connectivity index (χ1) is 15.7. The molecule has 0 saturated heterocycles. The van der Waals surface area contributed by atoms with Crippen molar-refractivity contribution in [1.29, 1.82) is 5.26 Å². The minimum Gasteiger partial charge on any atom is -0.453 e. The number of nitriles is 1. The molecule has 9 nitrogen and oxygen atoms in total. The standard InChI is InChI=1S/C23H25N7O2/c1-32-23(31)28-19-8-4-7-18(13-19)27-22-25-12-10-20(29-22)17-14-26-30(15-17)21(9-11-24)16-5-2-3-6-16/h4,7-8,10,12-16,21H,2-3,5-6,9H2,1H3,(H,28,31)(H,25,27,29). The monoisotopic (exact) mass is 431 g/mol. The van der Waals surface area contributed by atoms with Crippen molar-refractivity contribution >= 4 is 23.4 Å². The average Bonchev–Trinajstić information content (AvgIpc) is 3.51. The van der Waals surface area contributed by atoms with Gasteiger partial charge < -0.3 is 10.1 Å². The molecule has 1 atom stereocenters. The Hall–Kier alpha value is -3.93. The van der Waals surface area contributed by atoms with Crippen molar-refractivity contribution in [3.8, 4) is 17.3 Å². The van der Waals surface area contributed by atoms with E-state index in [0.29, 0.717) is 24.0 Å². The number of hydrogen-bond donors (Lipinski definition) is 2. The molecule has 1 unspecified atom stereocenters. The number of nitrogens with one attached hydrogen (secondary N) is 2. The summed E-state index contributed by atoms with van der Waals surface area (Å²) in [5.74, 6) is 0.922. The predicted octanol–water partition coefficient (Wildman–Crippen LogP) is 4.91. The smallest absolute Gasteiger partial charge is 0.411 e. The first-order valence-corrected chi connectivity index (χ1v) is 10.6. The second kappa shape index (κ2) is 9.92. The van der Waals surface area contributed by atoms with Crippen LogP contribution < -0.4 is 10.6 Å². The maximum Gasteiger partial charge on any atom is 0.411 e. The first-order valence-electron chi connectivity index (χ1n) is 10.6. The van der Waals surface area contributed by atoms with Crippen LogP contribution in [0.4, 0.5) is 22.1 Å². The van der Waals surface area contributed by atoms with Crippen molar-refractivity contribution in [1.82, 2.24) is 19.7 Å². The molecule has 9 heteroatoms. The third kappa shape index (κ3) is 5.03. The van der Waals surface area contributed by atoms with E-state index in [0.717, 1.165) is 29.8 Å². The largest absolute Gasteiger partial charge is 0.453 e. The van der Waals surface area contributed by atoms with Crippen LogP contribution in [0.2, 0.25) is 0 Å². The summed E-state index contributed by atoms with van der Waals surface area (Å²) in [7, 11) is 1.31. The van der Waals surface area contributed by atoms with E-state index in [1.165, 1.54) is 20.0 Å². The number of carbonyl (C=O) groups excluding carboxylic acids is 1. The quantitative estimate of drug-likeness (QED) is 0.546. The fraction of sp³-hybridized carbons (Fsp3) is 0.348. The summed E-state index contributed by atoms with van der Waals surface area (Å²) < 4.78 is 6.54. The summed E-state index contributed by atoms with van der Waals surface area (Å²) in [5.41, 5.74) is 2.93. The van der Waals surface area contributed by atoms with E-state index < -0.39 is 6.09 Å². The molecule has 0 spiro atoms. The zero-order chi connectivity index (χ0) is 22.3. The van der Waals surface area contributed by atoms with Crippen molar-refractivity contribution in [2.75, 3.05) is 17.7 Å². The number of amides is 1. The molecule has 2 heterocycles. The molecule has 1 aliphatic carbocycles. The molecule has 164 valence electrons. The molecule has 0 radical (unpaired) electrons. The molecule has 1 fully saturated rings. The molecule has 0 bridgehead atoms. The predicted molar refractivity (Wildman–Crippen MR) is 120 cm³/mol. The summed E-state index contributed by atoms with van der Waals surface area (Å²) in [5, 5.41) is 19.6. The number of benzene rings is 1. The first kappa shape index (κ1) is 21.3. The van der Waals surface area contributed by atoms with E-state index in [4.69, 9.17) is 0 Å². The van der Waals surface area contributed by atoms with Gasteiger partial charge in [-0.3, -0.25) is 10.00 Å². The highest BCUT2D eigenvalue weighted by Crippen LogP contribution is 2.36. The van der Waals surface area contributed by atoms with Crippen LogP contribution in [0.3, 0.4) is 0 Å². The van der Waals surface area contributed by atoms with E-state index in [1.807, 2.05) is 23.0 Å². The van der Waals surface area contributed by atoms with Gasteiger partial charge in [0, 0.05) is 29.3 Å². The van der Waals surface area contributed by atoms with E-state index in [9.17, 15) is 10.1 Å². The number of anilines is 3. The van der Waals surface area contributed by atoms with Gasteiger partial charge in [-0.2, -0.15) is 10.4 Å². The molecule has 2 N–H and O–H groups in total. The molecular weight excluding hydrogens is 406 g/mol. The lowest BCUT2D eigenvalue weighted by Crippen LogP contribution is -2.17. The lowest BCUT2D eigenvalue weighted by atomic mass is 9.96. The Kier molecular flexibility index (Phi) is 6.60. The third-order valence-electron chi connectivity index (χ3n) is 5.69. The fourth-order valence-corrected chi connectivity index (χ4v) is 4.12. The van der Waals surface area contributed by atoms with Gasteiger partial charge >= 0.3 is 6.09 Å². The SMILES string of the molecule is COC(=O)Nc1cccc(Nc2nccc(-c3cnn(C(CC#N)C4CCCC4)c3)n2)c1. The topological polar surface area (TPSA) is 118 Å². The van der Waals surface area contributed by atoms with Crippen molar-refractivity contribution in [2.24, 2.45) is 5.92 Å². The van der Waals surface area contributed by atoms with Crippen LogP contribution in [-0.2, 0) is 4.74 Å². The zero-order valence-electron chi connectivity index (χ0n) is 17.9. The molecule has 1 aromatic carbocycles. The lowest BCUT2D eigenvalue weighted by Gasteiger charge is -2.21. The molecule has 3 aromatic rings. The molecule has 2 aromatic heterocycles. The lowest BCUT2D eigenvalue weighted by molar-refractivity contribution is 0.187. The highest BCUT2D eigenvalue weighted by Gasteiger charge is 2.27. The van der Waals surface area contributed by atoms with Gasteiger partial charge in [-0.25, -0.2) is 14.8 Å². The van der Waals surface area contributed by atoms with Gasteiger partial charge in [0.25, 0.3) is 0 Å². The van der Waals surface area contributed by atoms with E-state index in [-0.39, 0.29) is 6.04 Å². The number of hydrogen-bond acceptors (Lipinski definition) is 7. The van der Waals surface area contributed by atoms with Gasteiger partial charge in [-0.05, 0) is 43.0 Å². The van der Waals surface area contributed by atoms with E-state index >= 15 is 0 Å². The van der Waals surface area contributed by atoms with Crippen LogP contribution in [0.1, 0.15) is 38.1 Å². The summed E-state index contributed by atoms with van der Waals surface area (Å²) in [6, 6.07) is 11.4. The number of nitrogens with zero attached hydrogens (tertiary/aromatic N) is 5. The summed E-state index contributed by atoms with van der Waals surface area (Å²) in [4.78, 5) is 20.3. The van der Waals surface area contributed by atoms with Crippen molar-refractivity contribution in [3.63, 3.8) is 0 Å². The molecule has 1 aliphatic rings. The molecule has 1 amide bonds. The minimum absolute atomic E-state index is 0.0979. The maximum absolute atomic E-state index is 11.4. The number of methoxy groups -OCH3 is 1. The van der Waals surface area contributed by atoms with Crippen molar-refractivity contribution in [2.45, 2.75) is 38.1 Å². The average molecular weight is 432 g/mol. The Bertz CT molecular complexity index is 1120. The van der Waals surface area contributed by atoms with Crippen molar-refractivity contribution < 1.29 is 9.53 Å². The Morgan fingerprint density at radius 3 is 2.91 bits per heavy atom. The van der Waals surface area contributed by atoms with Crippen LogP contribution in [0.15, 0.2) is 48.9 Å². The Balaban J connectivity index is 1.51. The fourth-order valence-electron chi connectivity index (χ4n) is 4.12. The zero-order valence-corrected chi connectivity index (χ0v) is 17.9. The van der Waals surface area contributed by atoms with Gasteiger partial charge in [0.15, 0.2) is 0 Å². The number of ether oxygens (including phenoxy) is 1. The molecule has 32 heavy (non-hydrogen) atoms. The minimum atomic E-state index is -0.537. The summed E-state index contributed by atoms with van der Waals surface area (Å²) in [6.45, 7) is 0. The van der Waals surface area contributed by atoms with Crippen molar-refractivity contribution in [3.05, 3.63) is 48.9 Å². The number of rotatable bonds is 7. The van der Waals surface area contributed by atoms with Crippen LogP contribution in [0.25, 0.3) is 11.3 Å². The maximum atomic E-state index is 11.4. The Labute approximate surface area is 186 Å². The summed E-state index contributed by atoms with van der Waals surface area (Å²) >= 11 is 0. The molecule has 4 rings (SSSR count). The highest BCUT2D eigenvalue weighted by molar-refractivity contribution is 5.85. The van der Waals surface area contributed by atoms with Gasteiger partial charge in [0.1, 0.15) is 0 Å². The Morgan fingerprint density at radius 1 is 1.31 bits per heavy atom. The van der Waals surface area contributed by atoms with Crippen LogP contribution in [0.5, 0.6) is 0 Å². The third-order valence-corrected chi connectivity index (χ3v) is 5.69. The highest BCUT2D eigenvalue weighted by atomic mass is 16.5. The van der Waals surface area contributed by atoms with E-state index in [1.54, 1.807) is 30.6 Å². The van der Waals surface area contributed by atoms with Crippen LogP contribution >= 0.6 is 0 Å². The van der Waals surface area contributed by atoms with Gasteiger partial charge in [-0.15, -0.1) is 0 Å². The number of carbonyl (C=O) groups is 1. The van der Waals surface area contributed by atoms with E-state index in [2.05, 4.69) is 36.5 Å². The second-order valence-electron chi connectivity index (χ2n) is 7.77. The van der Waals surface area contributed by atoms with Crippen LogP contribution in [-0.4, -0.2) is 33.0 Å². The second-order valence-corrected chi connectivity index (χ2v) is 7.77. The number of aromatic nitrogens is 4. The Morgan fingerprint density at radius 2 is 2.12 bits per heavy atom. The van der Waals surface area contributed by atoms with Gasteiger partial charge in [0.05, 0.1) is 37.5 Å². The normalized spacial score (nSPS) is 14.5. The van der Waals surface area contributed by atoms with Gasteiger partial charge in [-0.1, -0.05) is 18.9 Å². The molecular formula is C23H25N7O2.